The Morgan fingerprint density at radius 3 is 2.39 bits per heavy atom. The summed E-state index contributed by atoms with van der Waals surface area (Å²) < 4.78 is 2.67. The topological polar surface area (TPSA) is 12.9 Å². The van der Waals surface area contributed by atoms with Gasteiger partial charge in [-0.3, -0.25) is 4.98 Å². The van der Waals surface area contributed by atoms with Crippen LogP contribution in [-0.2, 0) is 0 Å². The summed E-state index contributed by atoms with van der Waals surface area (Å²) >= 11 is 1.86. The smallest absolute Gasteiger partial charge is 0.0361 e. The van der Waals surface area contributed by atoms with Crippen molar-refractivity contribution >= 4 is 42.3 Å². The van der Waals surface area contributed by atoms with E-state index in [1.54, 1.807) is 0 Å². The van der Waals surface area contributed by atoms with Crippen molar-refractivity contribution in [3.05, 3.63) is 79.1 Å². The molecule has 5 rings (SSSR count). The lowest BCUT2D eigenvalue weighted by Crippen LogP contribution is -1.83. The SMILES string of the molecule is c1ccc2c(-c3ccc4c(c3)sc3ccccc34)cncc2c1. The molecule has 0 saturated heterocycles. The number of nitrogens with zero attached hydrogens (tertiary/aromatic N) is 1. The third-order valence-electron chi connectivity index (χ3n) is 4.36. The molecule has 0 bridgehead atoms. The first-order valence-electron chi connectivity index (χ1n) is 7.64. The molecule has 0 aliphatic rings. The van der Waals surface area contributed by atoms with Crippen LogP contribution in [0.25, 0.3) is 42.1 Å². The van der Waals surface area contributed by atoms with E-state index in [-0.39, 0.29) is 0 Å². The minimum absolute atomic E-state index is 1.18. The van der Waals surface area contributed by atoms with E-state index >= 15 is 0 Å². The molecule has 0 amide bonds. The Hall–Kier alpha value is -2.71. The van der Waals surface area contributed by atoms with Crippen LogP contribution in [-0.4, -0.2) is 4.98 Å². The van der Waals surface area contributed by atoms with Crippen LogP contribution in [0.1, 0.15) is 0 Å². The van der Waals surface area contributed by atoms with Crippen molar-refractivity contribution in [1.82, 2.24) is 4.98 Å². The summed E-state index contributed by atoms with van der Waals surface area (Å²) in [6, 6.07) is 23.8. The van der Waals surface area contributed by atoms with Gasteiger partial charge in [-0.1, -0.05) is 54.6 Å². The van der Waals surface area contributed by atoms with Crippen molar-refractivity contribution in [1.29, 1.82) is 0 Å². The lowest BCUT2D eigenvalue weighted by Gasteiger charge is -2.06. The van der Waals surface area contributed by atoms with Gasteiger partial charge in [-0.2, -0.15) is 0 Å². The van der Waals surface area contributed by atoms with E-state index in [1.165, 1.54) is 42.1 Å². The van der Waals surface area contributed by atoms with E-state index in [4.69, 9.17) is 0 Å². The molecule has 2 aromatic heterocycles. The van der Waals surface area contributed by atoms with Gasteiger partial charge in [0.05, 0.1) is 0 Å². The maximum Gasteiger partial charge on any atom is 0.0361 e. The van der Waals surface area contributed by atoms with E-state index in [1.807, 2.05) is 23.7 Å². The number of pyridine rings is 1. The van der Waals surface area contributed by atoms with Crippen LogP contribution in [0, 0.1) is 0 Å². The normalized spacial score (nSPS) is 11.5. The van der Waals surface area contributed by atoms with Crippen LogP contribution in [0.4, 0.5) is 0 Å². The van der Waals surface area contributed by atoms with Crippen molar-refractivity contribution < 1.29 is 0 Å². The van der Waals surface area contributed by atoms with Gasteiger partial charge in [-0.15, -0.1) is 11.3 Å². The van der Waals surface area contributed by atoms with E-state index in [9.17, 15) is 0 Å². The maximum absolute atomic E-state index is 4.42. The van der Waals surface area contributed by atoms with Gasteiger partial charge in [0.15, 0.2) is 0 Å². The third kappa shape index (κ3) is 1.96. The summed E-state index contributed by atoms with van der Waals surface area (Å²) in [6.45, 7) is 0. The molecule has 5 aromatic rings. The largest absolute Gasteiger partial charge is 0.263 e. The van der Waals surface area contributed by atoms with Crippen molar-refractivity contribution in [2.45, 2.75) is 0 Å². The molecule has 2 heteroatoms. The molecule has 0 unspecified atom stereocenters. The van der Waals surface area contributed by atoms with Crippen molar-refractivity contribution in [2.75, 3.05) is 0 Å². The Balaban J connectivity index is 1.81. The number of hydrogen-bond acceptors (Lipinski definition) is 2. The highest BCUT2D eigenvalue weighted by atomic mass is 32.1. The average Bonchev–Trinajstić information content (AvgIpc) is 2.99. The molecule has 0 atom stereocenters. The molecule has 1 nitrogen and oxygen atoms in total. The highest BCUT2D eigenvalue weighted by molar-refractivity contribution is 7.25. The molecule has 0 fully saturated rings. The van der Waals surface area contributed by atoms with Gasteiger partial charge in [-0.05, 0) is 23.1 Å². The minimum Gasteiger partial charge on any atom is -0.263 e. The van der Waals surface area contributed by atoms with Gasteiger partial charge < -0.3 is 0 Å². The predicted octanol–water partition coefficient (Wildman–Crippen LogP) is 6.27. The van der Waals surface area contributed by atoms with Gasteiger partial charge in [-0.25, -0.2) is 0 Å². The summed E-state index contributed by atoms with van der Waals surface area (Å²) in [4.78, 5) is 4.42. The van der Waals surface area contributed by atoms with Crippen LogP contribution < -0.4 is 0 Å². The fraction of sp³-hybridized carbons (Fsp3) is 0. The monoisotopic (exact) mass is 311 g/mol. The van der Waals surface area contributed by atoms with Crippen LogP contribution in [0.2, 0.25) is 0 Å². The van der Waals surface area contributed by atoms with E-state index in [0.717, 1.165) is 0 Å². The molecule has 2 heterocycles. The molecule has 0 saturated carbocycles. The van der Waals surface area contributed by atoms with Crippen LogP contribution in [0.5, 0.6) is 0 Å². The van der Waals surface area contributed by atoms with Crippen molar-refractivity contribution in [3.63, 3.8) is 0 Å². The molecule has 3 aromatic carbocycles. The maximum atomic E-state index is 4.42. The second-order valence-electron chi connectivity index (χ2n) is 5.72. The number of aromatic nitrogens is 1. The van der Waals surface area contributed by atoms with E-state index < -0.39 is 0 Å². The predicted molar refractivity (Wildman–Crippen MR) is 100 cm³/mol. The summed E-state index contributed by atoms with van der Waals surface area (Å²) in [5, 5.41) is 5.11. The van der Waals surface area contributed by atoms with Gasteiger partial charge in [0.1, 0.15) is 0 Å². The zero-order chi connectivity index (χ0) is 15.2. The zero-order valence-electron chi connectivity index (χ0n) is 12.4. The Morgan fingerprint density at radius 1 is 0.652 bits per heavy atom. The summed E-state index contributed by atoms with van der Waals surface area (Å²) in [6.07, 6.45) is 3.90. The summed E-state index contributed by atoms with van der Waals surface area (Å²) in [7, 11) is 0. The second kappa shape index (κ2) is 4.90. The quantitative estimate of drug-likeness (QED) is 0.355. The van der Waals surface area contributed by atoms with Gasteiger partial charge in [0, 0.05) is 43.5 Å². The Morgan fingerprint density at radius 2 is 1.43 bits per heavy atom. The zero-order valence-corrected chi connectivity index (χ0v) is 13.2. The fourth-order valence-corrected chi connectivity index (χ4v) is 4.39. The first-order valence-corrected chi connectivity index (χ1v) is 8.46. The average molecular weight is 311 g/mol. The van der Waals surface area contributed by atoms with Gasteiger partial charge >= 0.3 is 0 Å². The molecule has 0 spiro atoms. The molecule has 0 N–H and O–H groups in total. The van der Waals surface area contributed by atoms with E-state index in [0.29, 0.717) is 0 Å². The number of benzene rings is 3. The highest BCUT2D eigenvalue weighted by Crippen LogP contribution is 2.37. The molecule has 0 aliphatic carbocycles. The van der Waals surface area contributed by atoms with Crippen molar-refractivity contribution in [2.24, 2.45) is 0 Å². The number of rotatable bonds is 1. The van der Waals surface area contributed by atoms with E-state index in [2.05, 4.69) is 71.7 Å². The first-order chi connectivity index (χ1) is 11.4. The molecule has 0 radical (unpaired) electrons. The van der Waals surface area contributed by atoms with Crippen molar-refractivity contribution in [3.8, 4) is 11.1 Å². The number of fused-ring (bicyclic) bond motifs is 4. The lowest BCUT2D eigenvalue weighted by atomic mass is 10.00. The fourth-order valence-electron chi connectivity index (χ4n) is 3.24. The molecular formula is C21H13NS. The lowest BCUT2D eigenvalue weighted by molar-refractivity contribution is 1.36. The summed E-state index contributed by atoms with van der Waals surface area (Å²) in [5.41, 5.74) is 2.43. The number of hydrogen-bond donors (Lipinski definition) is 0. The molecular weight excluding hydrogens is 298 g/mol. The van der Waals surface area contributed by atoms with Gasteiger partial charge in [0.2, 0.25) is 0 Å². The number of thiophene rings is 1. The summed E-state index contributed by atoms with van der Waals surface area (Å²) in [5.74, 6) is 0. The first kappa shape index (κ1) is 12.8. The Labute approximate surface area is 137 Å². The second-order valence-corrected chi connectivity index (χ2v) is 6.80. The third-order valence-corrected chi connectivity index (χ3v) is 5.49. The molecule has 0 aliphatic heterocycles. The van der Waals surface area contributed by atoms with Crippen LogP contribution >= 0.6 is 11.3 Å². The Bertz CT molecular complexity index is 1160. The highest BCUT2D eigenvalue weighted by Gasteiger charge is 2.08. The Kier molecular flexibility index (Phi) is 2.73. The molecule has 23 heavy (non-hydrogen) atoms. The standard InChI is InChI=1S/C21H13NS/c1-2-6-16-15(5-1)12-22-13-19(16)14-9-10-18-17-7-3-4-8-20(17)23-21(18)11-14/h1-13H. The van der Waals surface area contributed by atoms with Crippen LogP contribution in [0.15, 0.2) is 79.1 Å². The molecule has 108 valence electrons. The van der Waals surface area contributed by atoms with Crippen LogP contribution in [0.3, 0.4) is 0 Å². The van der Waals surface area contributed by atoms with Gasteiger partial charge in [0.25, 0.3) is 0 Å². The minimum atomic E-state index is 1.18.